The van der Waals surface area contributed by atoms with Crippen molar-refractivity contribution in [1.82, 2.24) is 4.90 Å². The number of nitrogens with zero attached hydrogens (tertiary/aromatic N) is 2. The van der Waals surface area contributed by atoms with Crippen LogP contribution in [0.3, 0.4) is 0 Å². The summed E-state index contributed by atoms with van der Waals surface area (Å²) in [5.41, 5.74) is 0.838. The number of rotatable bonds is 4. The third kappa shape index (κ3) is 3.97. The van der Waals surface area contributed by atoms with Crippen molar-refractivity contribution in [3.05, 3.63) is 28.7 Å². The molecule has 1 heterocycles. The second kappa shape index (κ2) is 7.30. The van der Waals surface area contributed by atoms with Gasteiger partial charge in [-0.1, -0.05) is 12.1 Å². The Kier molecular flexibility index (Phi) is 5.42. The third-order valence-corrected chi connectivity index (χ3v) is 4.14. The van der Waals surface area contributed by atoms with Crippen molar-refractivity contribution in [2.75, 3.05) is 18.4 Å². The largest absolute Gasteiger partial charge is 0.368 e. The lowest BCUT2D eigenvalue weighted by molar-refractivity contribution is -0.132. The molecule has 1 atom stereocenters. The highest BCUT2D eigenvalue weighted by molar-refractivity contribution is 9.10. The lowest BCUT2D eigenvalue weighted by Gasteiger charge is -2.27. The van der Waals surface area contributed by atoms with Crippen molar-refractivity contribution < 1.29 is 4.79 Å². The fraction of sp³-hybridized carbons (Fsp3) is 0.467. The van der Waals surface area contributed by atoms with Crippen molar-refractivity contribution >= 4 is 27.5 Å². The van der Waals surface area contributed by atoms with E-state index in [2.05, 4.69) is 27.3 Å². The molecule has 1 aliphatic heterocycles. The maximum atomic E-state index is 12.2. The Hall–Kier alpha value is -1.54. The molecular weight excluding hydrogens is 318 g/mol. The number of piperidine rings is 1. The number of halogens is 1. The molecule has 20 heavy (non-hydrogen) atoms. The smallest absolute Gasteiger partial charge is 0.225 e. The van der Waals surface area contributed by atoms with Gasteiger partial charge in [0.05, 0.1) is 12.5 Å². The molecule has 1 aliphatic rings. The number of hydrogen-bond acceptors (Lipinski definition) is 3. The quantitative estimate of drug-likeness (QED) is 0.919. The predicted molar refractivity (Wildman–Crippen MR) is 82.2 cm³/mol. The van der Waals surface area contributed by atoms with E-state index in [1.165, 1.54) is 6.42 Å². The molecule has 0 spiro atoms. The first kappa shape index (κ1) is 14.9. The van der Waals surface area contributed by atoms with Crippen LogP contribution < -0.4 is 5.32 Å². The fourth-order valence-electron chi connectivity index (χ4n) is 2.34. The highest BCUT2D eigenvalue weighted by Gasteiger charge is 2.20. The number of nitriles is 1. The average Bonchev–Trinajstić information content (AvgIpc) is 2.49. The Balaban J connectivity index is 1.94. The van der Waals surface area contributed by atoms with E-state index in [-0.39, 0.29) is 12.3 Å². The normalized spacial score (nSPS) is 16.3. The third-order valence-electron chi connectivity index (χ3n) is 3.45. The summed E-state index contributed by atoms with van der Waals surface area (Å²) < 4.78 is 0.894. The Morgan fingerprint density at radius 2 is 2.05 bits per heavy atom. The Bertz CT molecular complexity index is 506. The van der Waals surface area contributed by atoms with Crippen LogP contribution in [0.4, 0.5) is 5.69 Å². The van der Waals surface area contributed by atoms with Gasteiger partial charge in [0.25, 0.3) is 0 Å². The molecule has 0 aromatic heterocycles. The first-order valence-corrected chi connectivity index (χ1v) is 7.68. The lowest BCUT2D eigenvalue weighted by Crippen LogP contribution is -2.38. The van der Waals surface area contributed by atoms with Gasteiger partial charge in [0.2, 0.25) is 5.91 Å². The first-order valence-electron chi connectivity index (χ1n) is 6.89. The van der Waals surface area contributed by atoms with Crippen LogP contribution in [-0.2, 0) is 4.79 Å². The molecule has 4 nitrogen and oxygen atoms in total. The van der Waals surface area contributed by atoms with Gasteiger partial charge in [-0.15, -0.1) is 0 Å². The minimum atomic E-state index is -0.497. The molecule has 1 amide bonds. The summed E-state index contributed by atoms with van der Waals surface area (Å²) in [6, 6.07) is 9.27. The minimum absolute atomic E-state index is 0.0656. The van der Waals surface area contributed by atoms with Crippen molar-refractivity contribution in [2.24, 2.45) is 0 Å². The molecule has 0 bridgehead atoms. The van der Waals surface area contributed by atoms with Crippen molar-refractivity contribution in [3.63, 3.8) is 0 Å². The standard InChI is InChI=1S/C15H18BrN3O/c16-13-6-2-3-7-14(13)18-12(11-17)10-15(20)19-8-4-1-5-9-19/h2-3,6-7,12,18H,1,4-5,8-10H2. The number of carbonyl (C=O) groups excluding carboxylic acids is 1. The molecule has 1 unspecified atom stereocenters. The maximum Gasteiger partial charge on any atom is 0.225 e. The van der Waals surface area contributed by atoms with Gasteiger partial charge in [-0.2, -0.15) is 5.26 Å². The molecular formula is C15H18BrN3O. The summed E-state index contributed by atoms with van der Waals surface area (Å²) in [7, 11) is 0. The highest BCUT2D eigenvalue weighted by atomic mass is 79.9. The van der Waals surface area contributed by atoms with Gasteiger partial charge in [0, 0.05) is 23.2 Å². The van der Waals surface area contributed by atoms with Crippen LogP contribution in [0.1, 0.15) is 25.7 Å². The van der Waals surface area contributed by atoms with Crippen molar-refractivity contribution in [2.45, 2.75) is 31.7 Å². The molecule has 0 saturated carbocycles. The lowest BCUT2D eigenvalue weighted by atomic mass is 10.1. The number of amides is 1. The fourth-order valence-corrected chi connectivity index (χ4v) is 2.74. The minimum Gasteiger partial charge on any atom is -0.368 e. The van der Waals surface area contributed by atoms with E-state index in [4.69, 9.17) is 0 Å². The van der Waals surface area contributed by atoms with Crippen LogP contribution in [0.2, 0.25) is 0 Å². The number of para-hydroxylation sites is 1. The van der Waals surface area contributed by atoms with Gasteiger partial charge in [-0.3, -0.25) is 4.79 Å². The van der Waals surface area contributed by atoms with E-state index >= 15 is 0 Å². The molecule has 1 N–H and O–H groups in total. The van der Waals surface area contributed by atoms with E-state index in [1.807, 2.05) is 29.2 Å². The Morgan fingerprint density at radius 1 is 1.35 bits per heavy atom. The second-order valence-electron chi connectivity index (χ2n) is 4.95. The summed E-state index contributed by atoms with van der Waals surface area (Å²) in [5, 5.41) is 12.3. The summed E-state index contributed by atoms with van der Waals surface area (Å²) in [6.45, 7) is 1.65. The van der Waals surface area contributed by atoms with Gasteiger partial charge in [0.1, 0.15) is 6.04 Å². The summed E-state index contributed by atoms with van der Waals surface area (Å²) in [6.07, 6.45) is 3.56. The van der Waals surface area contributed by atoms with E-state index < -0.39 is 6.04 Å². The van der Waals surface area contributed by atoms with Crippen LogP contribution >= 0.6 is 15.9 Å². The number of likely N-dealkylation sites (tertiary alicyclic amines) is 1. The summed E-state index contributed by atoms with van der Waals surface area (Å²) in [5.74, 6) is 0.0656. The van der Waals surface area contributed by atoms with Crippen molar-refractivity contribution in [3.8, 4) is 6.07 Å². The zero-order chi connectivity index (χ0) is 14.4. The second-order valence-corrected chi connectivity index (χ2v) is 5.81. The van der Waals surface area contributed by atoms with Crippen LogP contribution in [0.15, 0.2) is 28.7 Å². The molecule has 106 valence electrons. The van der Waals surface area contributed by atoms with Crippen LogP contribution in [-0.4, -0.2) is 29.9 Å². The van der Waals surface area contributed by atoms with Crippen molar-refractivity contribution in [1.29, 1.82) is 5.26 Å². The molecule has 1 aromatic rings. The van der Waals surface area contributed by atoms with Gasteiger partial charge >= 0.3 is 0 Å². The molecule has 0 aliphatic carbocycles. The summed E-state index contributed by atoms with van der Waals surface area (Å²) in [4.78, 5) is 14.0. The van der Waals surface area contributed by atoms with E-state index in [1.54, 1.807) is 0 Å². The highest BCUT2D eigenvalue weighted by Crippen LogP contribution is 2.22. The van der Waals surface area contributed by atoms with Gasteiger partial charge in [0.15, 0.2) is 0 Å². The van der Waals surface area contributed by atoms with Gasteiger partial charge < -0.3 is 10.2 Å². The molecule has 1 aromatic carbocycles. The molecule has 1 fully saturated rings. The number of benzene rings is 1. The zero-order valence-electron chi connectivity index (χ0n) is 11.3. The molecule has 5 heteroatoms. The van der Waals surface area contributed by atoms with Crippen LogP contribution in [0, 0.1) is 11.3 Å². The average molecular weight is 336 g/mol. The molecule has 1 saturated heterocycles. The van der Waals surface area contributed by atoms with Gasteiger partial charge in [-0.05, 0) is 47.3 Å². The van der Waals surface area contributed by atoms with E-state index in [0.29, 0.717) is 0 Å². The summed E-state index contributed by atoms with van der Waals surface area (Å²) >= 11 is 3.43. The SMILES string of the molecule is N#CC(CC(=O)N1CCCCC1)Nc1ccccc1Br. The number of nitrogens with one attached hydrogen (secondary N) is 1. The van der Waals surface area contributed by atoms with Crippen LogP contribution in [0.25, 0.3) is 0 Å². The Morgan fingerprint density at radius 3 is 2.70 bits per heavy atom. The Labute approximate surface area is 127 Å². The zero-order valence-corrected chi connectivity index (χ0v) is 12.9. The monoisotopic (exact) mass is 335 g/mol. The van der Waals surface area contributed by atoms with Crippen LogP contribution in [0.5, 0.6) is 0 Å². The first-order chi connectivity index (χ1) is 9.70. The molecule has 2 rings (SSSR count). The maximum absolute atomic E-state index is 12.2. The van der Waals surface area contributed by atoms with E-state index in [0.717, 1.165) is 36.1 Å². The number of hydrogen-bond donors (Lipinski definition) is 1. The number of carbonyl (C=O) groups is 1. The topological polar surface area (TPSA) is 56.1 Å². The van der Waals surface area contributed by atoms with Gasteiger partial charge in [-0.25, -0.2) is 0 Å². The molecule has 0 radical (unpaired) electrons. The predicted octanol–water partition coefficient (Wildman–Crippen LogP) is 3.16. The number of anilines is 1. The van der Waals surface area contributed by atoms with E-state index in [9.17, 15) is 10.1 Å².